The van der Waals surface area contributed by atoms with E-state index < -0.39 is 0 Å². The van der Waals surface area contributed by atoms with Crippen LogP contribution in [0.25, 0.3) is 0 Å². The molecule has 0 aliphatic carbocycles. The molecule has 0 heterocycles. The maximum Gasteiger partial charge on any atom is 0.139 e. The molecule has 2 rings (SSSR count). The Morgan fingerprint density at radius 3 is 2.25 bits per heavy atom. The highest BCUT2D eigenvalue weighted by Crippen LogP contribution is 2.36. The first-order valence-electron chi connectivity index (χ1n) is 6.30. The van der Waals surface area contributed by atoms with Crippen LogP contribution < -0.4 is 5.73 Å². The van der Waals surface area contributed by atoms with E-state index in [0.29, 0.717) is 10.2 Å². The summed E-state index contributed by atoms with van der Waals surface area (Å²) in [5, 5.41) is 0. The summed E-state index contributed by atoms with van der Waals surface area (Å²) in [5.74, 6) is -0.338. The molecule has 0 spiro atoms. The molecule has 0 radical (unpaired) electrons. The molecule has 20 heavy (non-hydrogen) atoms. The molecule has 106 valence electrons. The van der Waals surface area contributed by atoms with Crippen molar-refractivity contribution < 1.29 is 4.39 Å². The molecule has 0 amide bonds. The molecule has 2 N–H and O–H groups in total. The lowest BCUT2D eigenvalue weighted by Gasteiger charge is -2.19. The van der Waals surface area contributed by atoms with E-state index in [4.69, 9.17) is 5.73 Å². The quantitative estimate of drug-likeness (QED) is 0.709. The fourth-order valence-electron chi connectivity index (χ4n) is 1.78. The Bertz CT molecular complexity index is 618. The number of hydrogen-bond acceptors (Lipinski definition) is 2. The van der Waals surface area contributed by atoms with Gasteiger partial charge in [0.05, 0.1) is 4.47 Å². The molecule has 2 aromatic rings. The Morgan fingerprint density at radius 1 is 1.10 bits per heavy atom. The van der Waals surface area contributed by atoms with E-state index in [0.717, 1.165) is 9.79 Å². The molecule has 0 atom stereocenters. The van der Waals surface area contributed by atoms with Crippen molar-refractivity contribution in [2.75, 3.05) is 5.73 Å². The van der Waals surface area contributed by atoms with Gasteiger partial charge in [0, 0.05) is 15.5 Å². The molecule has 0 aliphatic heterocycles. The van der Waals surface area contributed by atoms with Gasteiger partial charge in [-0.3, -0.25) is 0 Å². The fraction of sp³-hybridized carbons (Fsp3) is 0.250. The van der Waals surface area contributed by atoms with Crippen molar-refractivity contribution in [1.29, 1.82) is 0 Å². The van der Waals surface area contributed by atoms with Crippen molar-refractivity contribution >= 4 is 33.4 Å². The summed E-state index contributed by atoms with van der Waals surface area (Å²) < 4.78 is 13.8. The van der Waals surface area contributed by atoms with Gasteiger partial charge in [-0.1, -0.05) is 44.7 Å². The van der Waals surface area contributed by atoms with Gasteiger partial charge in [0.15, 0.2) is 0 Å². The van der Waals surface area contributed by atoms with Crippen LogP contribution in [0.4, 0.5) is 10.1 Å². The highest BCUT2D eigenvalue weighted by atomic mass is 79.9. The molecular weight excluding hydrogens is 337 g/mol. The highest BCUT2D eigenvalue weighted by Gasteiger charge is 2.13. The summed E-state index contributed by atoms with van der Waals surface area (Å²) in [6, 6.07) is 11.4. The van der Waals surface area contributed by atoms with Crippen LogP contribution in [0.2, 0.25) is 0 Å². The molecule has 2 aromatic carbocycles. The lowest BCUT2D eigenvalue weighted by atomic mass is 9.87. The van der Waals surface area contributed by atoms with Gasteiger partial charge >= 0.3 is 0 Å². The summed E-state index contributed by atoms with van der Waals surface area (Å²) in [6.45, 7) is 6.55. The second-order valence-electron chi connectivity index (χ2n) is 5.68. The van der Waals surface area contributed by atoms with Gasteiger partial charge in [-0.15, -0.1) is 0 Å². The van der Waals surface area contributed by atoms with Crippen LogP contribution in [-0.4, -0.2) is 0 Å². The van der Waals surface area contributed by atoms with Crippen LogP contribution in [-0.2, 0) is 5.41 Å². The zero-order valence-corrected chi connectivity index (χ0v) is 14.1. The molecule has 0 aliphatic rings. The highest BCUT2D eigenvalue weighted by molar-refractivity contribution is 9.10. The van der Waals surface area contributed by atoms with Crippen molar-refractivity contribution in [3.05, 3.63) is 52.3 Å². The Balaban J connectivity index is 2.25. The van der Waals surface area contributed by atoms with E-state index in [9.17, 15) is 4.39 Å². The van der Waals surface area contributed by atoms with Gasteiger partial charge in [-0.2, -0.15) is 0 Å². The van der Waals surface area contributed by atoms with Crippen molar-refractivity contribution in [1.82, 2.24) is 0 Å². The van der Waals surface area contributed by atoms with Crippen LogP contribution in [0.1, 0.15) is 26.3 Å². The number of halogens is 2. The van der Waals surface area contributed by atoms with E-state index in [1.807, 2.05) is 0 Å². The zero-order valence-electron chi connectivity index (χ0n) is 11.7. The molecule has 0 unspecified atom stereocenters. The van der Waals surface area contributed by atoms with Crippen LogP contribution in [0.5, 0.6) is 0 Å². The minimum atomic E-state index is -0.338. The van der Waals surface area contributed by atoms with Gasteiger partial charge in [-0.25, -0.2) is 4.39 Å². The van der Waals surface area contributed by atoms with E-state index in [-0.39, 0.29) is 11.2 Å². The summed E-state index contributed by atoms with van der Waals surface area (Å²) >= 11 is 4.72. The Morgan fingerprint density at radius 2 is 1.70 bits per heavy atom. The van der Waals surface area contributed by atoms with E-state index in [1.54, 1.807) is 6.07 Å². The minimum absolute atomic E-state index is 0.140. The van der Waals surface area contributed by atoms with Gasteiger partial charge in [-0.05, 0) is 51.2 Å². The number of hydrogen-bond donors (Lipinski definition) is 1. The van der Waals surface area contributed by atoms with E-state index in [2.05, 4.69) is 61.0 Å². The van der Waals surface area contributed by atoms with Crippen molar-refractivity contribution in [2.45, 2.75) is 36.0 Å². The molecule has 0 saturated carbocycles. The third-order valence-electron chi connectivity index (χ3n) is 3.00. The molecule has 0 saturated heterocycles. The molecule has 0 fully saturated rings. The number of rotatable bonds is 2. The number of nitrogen functional groups attached to an aromatic ring is 1. The Hall–Kier alpha value is -1.00. The van der Waals surface area contributed by atoms with E-state index >= 15 is 0 Å². The fourth-order valence-corrected chi connectivity index (χ4v) is 3.16. The molecule has 1 nitrogen and oxygen atoms in total. The second kappa shape index (κ2) is 5.78. The standard InChI is InChI=1S/C16H17BrFNS/c1-16(2,3)10-4-6-11(7-5-10)20-15-8-12(17)13(18)9-14(15)19/h4-9H,19H2,1-3H3. The number of benzene rings is 2. The zero-order chi connectivity index (χ0) is 14.9. The first kappa shape index (κ1) is 15.4. The molecule has 0 aromatic heterocycles. The normalized spacial score (nSPS) is 11.7. The smallest absolute Gasteiger partial charge is 0.139 e. The maximum atomic E-state index is 13.3. The largest absolute Gasteiger partial charge is 0.398 e. The predicted octanol–water partition coefficient (Wildman–Crippen LogP) is 5.62. The summed E-state index contributed by atoms with van der Waals surface area (Å²) in [5.41, 5.74) is 7.74. The third kappa shape index (κ3) is 3.55. The lowest BCUT2D eigenvalue weighted by molar-refractivity contribution is 0.590. The Labute approximate surface area is 131 Å². The summed E-state index contributed by atoms with van der Waals surface area (Å²) in [6.07, 6.45) is 0. The monoisotopic (exact) mass is 353 g/mol. The van der Waals surface area contributed by atoms with Crippen LogP contribution in [0.3, 0.4) is 0 Å². The van der Waals surface area contributed by atoms with E-state index in [1.165, 1.54) is 23.4 Å². The average Bonchev–Trinajstić information content (AvgIpc) is 2.35. The summed E-state index contributed by atoms with van der Waals surface area (Å²) in [7, 11) is 0. The van der Waals surface area contributed by atoms with Crippen LogP contribution in [0, 0.1) is 5.82 Å². The molecule has 4 heteroatoms. The van der Waals surface area contributed by atoms with Gasteiger partial charge in [0.25, 0.3) is 0 Å². The van der Waals surface area contributed by atoms with Crippen molar-refractivity contribution in [3.63, 3.8) is 0 Å². The average molecular weight is 354 g/mol. The topological polar surface area (TPSA) is 26.0 Å². The lowest BCUT2D eigenvalue weighted by Crippen LogP contribution is -2.10. The predicted molar refractivity (Wildman–Crippen MR) is 87.8 cm³/mol. The number of anilines is 1. The molecular formula is C16H17BrFNS. The maximum absolute atomic E-state index is 13.3. The van der Waals surface area contributed by atoms with Gasteiger partial charge in [0.1, 0.15) is 5.82 Å². The van der Waals surface area contributed by atoms with Gasteiger partial charge in [0.2, 0.25) is 0 Å². The third-order valence-corrected chi connectivity index (χ3v) is 4.69. The van der Waals surface area contributed by atoms with Crippen LogP contribution >= 0.6 is 27.7 Å². The minimum Gasteiger partial charge on any atom is -0.398 e. The van der Waals surface area contributed by atoms with Crippen molar-refractivity contribution in [3.8, 4) is 0 Å². The first-order chi connectivity index (χ1) is 9.27. The first-order valence-corrected chi connectivity index (χ1v) is 7.91. The van der Waals surface area contributed by atoms with Crippen molar-refractivity contribution in [2.24, 2.45) is 0 Å². The summed E-state index contributed by atoms with van der Waals surface area (Å²) in [4.78, 5) is 1.94. The molecule has 0 bridgehead atoms. The number of nitrogens with two attached hydrogens (primary N) is 1. The second-order valence-corrected chi connectivity index (χ2v) is 7.65. The SMILES string of the molecule is CC(C)(C)c1ccc(Sc2cc(Br)c(F)cc2N)cc1. The van der Waals surface area contributed by atoms with Gasteiger partial charge < -0.3 is 5.73 Å². The Kier molecular flexibility index (Phi) is 4.45. The van der Waals surface area contributed by atoms with Crippen LogP contribution in [0.15, 0.2) is 50.7 Å².